The molecule has 0 spiro atoms. The van der Waals surface area contributed by atoms with Crippen LogP contribution >= 0.6 is 27.5 Å². The average molecular weight is 251 g/mol. The van der Waals surface area contributed by atoms with Gasteiger partial charge in [0.15, 0.2) is 5.78 Å². The van der Waals surface area contributed by atoms with Crippen molar-refractivity contribution < 1.29 is 9.18 Å². The Hall–Kier alpha value is -0.410. The van der Waals surface area contributed by atoms with Crippen LogP contribution in [-0.2, 0) is 0 Å². The molecule has 0 fully saturated rings. The predicted molar refractivity (Wildman–Crippen MR) is 49.1 cm³/mol. The molecule has 0 aliphatic carbocycles. The van der Waals surface area contributed by atoms with Crippen molar-refractivity contribution in [1.82, 2.24) is 0 Å². The number of carbonyl (C=O) groups is 1. The van der Waals surface area contributed by atoms with Crippen LogP contribution < -0.4 is 0 Å². The van der Waals surface area contributed by atoms with E-state index in [1.165, 1.54) is 13.0 Å². The van der Waals surface area contributed by atoms with Gasteiger partial charge in [-0.3, -0.25) is 4.79 Å². The third kappa shape index (κ3) is 1.84. The normalized spacial score (nSPS) is 10.0. The SMILES string of the molecule is CC(=O)c1cc(F)cc(Br)c1Cl. The van der Waals surface area contributed by atoms with Gasteiger partial charge in [-0.25, -0.2) is 4.39 Å². The lowest BCUT2D eigenvalue weighted by Crippen LogP contribution is -1.95. The lowest BCUT2D eigenvalue weighted by Gasteiger charge is -2.01. The van der Waals surface area contributed by atoms with Crippen LogP contribution in [-0.4, -0.2) is 5.78 Å². The third-order valence-electron chi connectivity index (χ3n) is 1.37. The summed E-state index contributed by atoms with van der Waals surface area (Å²) in [6.45, 7) is 1.34. The largest absolute Gasteiger partial charge is 0.294 e. The van der Waals surface area contributed by atoms with Crippen LogP contribution in [0.4, 0.5) is 4.39 Å². The quantitative estimate of drug-likeness (QED) is 0.552. The molecular formula is C8H5BrClFO. The van der Waals surface area contributed by atoms with Crippen molar-refractivity contribution in [3.8, 4) is 0 Å². The van der Waals surface area contributed by atoms with Crippen LogP contribution in [0.5, 0.6) is 0 Å². The van der Waals surface area contributed by atoms with Crippen molar-refractivity contribution in [1.29, 1.82) is 0 Å². The Balaban J connectivity index is 3.37. The molecular weight excluding hydrogens is 246 g/mol. The minimum absolute atomic E-state index is 0.198. The van der Waals surface area contributed by atoms with E-state index in [2.05, 4.69) is 15.9 Å². The smallest absolute Gasteiger partial charge is 0.161 e. The molecule has 0 aromatic heterocycles. The fourth-order valence-corrected chi connectivity index (χ4v) is 1.49. The van der Waals surface area contributed by atoms with Gasteiger partial charge in [-0.1, -0.05) is 11.6 Å². The highest BCUT2D eigenvalue weighted by molar-refractivity contribution is 9.10. The number of hydrogen-bond acceptors (Lipinski definition) is 1. The molecule has 1 aromatic rings. The van der Waals surface area contributed by atoms with Crippen molar-refractivity contribution in [3.05, 3.63) is 33.0 Å². The third-order valence-corrected chi connectivity index (χ3v) is 2.63. The molecule has 64 valence electrons. The van der Waals surface area contributed by atoms with E-state index in [1.807, 2.05) is 0 Å². The summed E-state index contributed by atoms with van der Waals surface area (Å²) in [5.74, 6) is -0.725. The first-order valence-electron chi connectivity index (χ1n) is 3.18. The number of rotatable bonds is 1. The molecule has 1 rings (SSSR count). The maximum absolute atomic E-state index is 12.7. The summed E-state index contributed by atoms with van der Waals surface area (Å²) in [6, 6.07) is 2.34. The molecule has 0 aliphatic heterocycles. The Morgan fingerprint density at radius 3 is 2.67 bits per heavy atom. The molecule has 12 heavy (non-hydrogen) atoms. The molecule has 0 amide bonds. The molecule has 0 saturated heterocycles. The van der Waals surface area contributed by atoms with Crippen LogP contribution in [0.3, 0.4) is 0 Å². The number of halogens is 3. The van der Waals surface area contributed by atoms with Crippen LogP contribution in [0, 0.1) is 5.82 Å². The van der Waals surface area contributed by atoms with Crippen LogP contribution in [0.2, 0.25) is 5.02 Å². The molecule has 0 bridgehead atoms. The van der Waals surface area contributed by atoms with Crippen molar-refractivity contribution in [3.63, 3.8) is 0 Å². The summed E-state index contributed by atoms with van der Waals surface area (Å²) in [4.78, 5) is 10.9. The maximum atomic E-state index is 12.7. The van der Waals surface area contributed by atoms with Crippen molar-refractivity contribution >= 4 is 33.3 Å². The van der Waals surface area contributed by atoms with Crippen molar-refractivity contribution in [2.75, 3.05) is 0 Å². The molecule has 1 aromatic carbocycles. The predicted octanol–water partition coefficient (Wildman–Crippen LogP) is 3.44. The summed E-state index contributed by atoms with van der Waals surface area (Å²) < 4.78 is 13.1. The highest BCUT2D eigenvalue weighted by Crippen LogP contribution is 2.27. The number of Topliss-reactive ketones (excluding diaryl/α,β-unsaturated/α-hetero) is 1. The van der Waals surface area contributed by atoms with E-state index in [0.29, 0.717) is 4.47 Å². The second-order valence-corrected chi connectivity index (χ2v) is 3.54. The first-order chi connectivity index (χ1) is 5.52. The summed E-state index contributed by atoms with van der Waals surface area (Å²) >= 11 is 8.77. The summed E-state index contributed by atoms with van der Waals surface area (Å²) in [5, 5.41) is 0.254. The van der Waals surface area contributed by atoms with Gasteiger partial charge in [-0.2, -0.15) is 0 Å². The lowest BCUT2D eigenvalue weighted by atomic mass is 10.1. The van der Waals surface area contributed by atoms with E-state index in [4.69, 9.17) is 11.6 Å². The van der Waals surface area contributed by atoms with Crippen molar-refractivity contribution in [2.45, 2.75) is 6.92 Å². The number of benzene rings is 1. The zero-order valence-electron chi connectivity index (χ0n) is 6.20. The Morgan fingerprint density at radius 1 is 1.58 bits per heavy atom. The number of carbonyl (C=O) groups excluding carboxylic acids is 1. The lowest BCUT2D eigenvalue weighted by molar-refractivity contribution is 0.101. The molecule has 0 atom stereocenters. The van der Waals surface area contributed by atoms with E-state index >= 15 is 0 Å². The Kier molecular flexibility index (Phi) is 2.85. The van der Waals surface area contributed by atoms with Gasteiger partial charge in [0.2, 0.25) is 0 Å². The van der Waals surface area contributed by atoms with Crippen LogP contribution in [0.25, 0.3) is 0 Å². The zero-order valence-corrected chi connectivity index (χ0v) is 8.54. The number of ketones is 1. The monoisotopic (exact) mass is 250 g/mol. The van der Waals surface area contributed by atoms with E-state index in [0.717, 1.165) is 6.07 Å². The Bertz CT molecular complexity index is 338. The summed E-state index contributed by atoms with van der Waals surface area (Å²) in [5.41, 5.74) is 0.198. The molecule has 4 heteroatoms. The highest BCUT2D eigenvalue weighted by Gasteiger charge is 2.10. The second kappa shape index (κ2) is 3.54. The van der Waals surface area contributed by atoms with E-state index in [1.54, 1.807) is 0 Å². The zero-order chi connectivity index (χ0) is 9.30. The van der Waals surface area contributed by atoms with E-state index in [-0.39, 0.29) is 16.4 Å². The van der Waals surface area contributed by atoms with Gasteiger partial charge in [-0.15, -0.1) is 0 Å². The molecule has 1 nitrogen and oxygen atoms in total. The van der Waals surface area contributed by atoms with E-state index in [9.17, 15) is 9.18 Å². The van der Waals surface area contributed by atoms with Gasteiger partial charge in [0.05, 0.1) is 5.02 Å². The highest BCUT2D eigenvalue weighted by atomic mass is 79.9. The molecule has 0 unspecified atom stereocenters. The van der Waals surface area contributed by atoms with Gasteiger partial charge in [0, 0.05) is 10.0 Å². The molecule has 0 aliphatic rings. The van der Waals surface area contributed by atoms with Crippen LogP contribution in [0.15, 0.2) is 16.6 Å². The first kappa shape index (κ1) is 9.68. The standard InChI is InChI=1S/C8H5BrClFO/c1-4(12)6-2-5(11)3-7(9)8(6)10/h2-3H,1H3. The van der Waals surface area contributed by atoms with Gasteiger partial charge in [-0.05, 0) is 35.0 Å². The molecule has 0 N–H and O–H groups in total. The second-order valence-electron chi connectivity index (χ2n) is 2.31. The van der Waals surface area contributed by atoms with Crippen LogP contribution in [0.1, 0.15) is 17.3 Å². The fraction of sp³-hybridized carbons (Fsp3) is 0.125. The molecule has 0 saturated carbocycles. The van der Waals surface area contributed by atoms with Gasteiger partial charge in [0.25, 0.3) is 0 Å². The summed E-state index contributed by atoms with van der Waals surface area (Å²) in [6.07, 6.45) is 0. The van der Waals surface area contributed by atoms with E-state index < -0.39 is 5.82 Å². The topological polar surface area (TPSA) is 17.1 Å². The Morgan fingerprint density at radius 2 is 2.17 bits per heavy atom. The average Bonchev–Trinajstić information content (AvgIpc) is 1.96. The van der Waals surface area contributed by atoms with Gasteiger partial charge in [0.1, 0.15) is 5.82 Å². The minimum atomic E-state index is -0.475. The summed E-state index contributed by atoms with van der Waals surface area (Å²) in [7, 11) is 0. The van der Waals surface area contributed by atoms with Crippen molar-refractivity contribution in [2.24, 2.45) is 0 Å². The molecule has 0 radical (unpaired) electrons. The van der Waals surface area contributed by atoms with Gasteiger partial charge < -0.3 is 0 Å². The Labute approximate surface area is 82.7 Å². The fourth-order valence-electron chi connectivity index (χ4n) is 0.812. The van der Waals surface area contributed by atoms with Gasteiger partial charge >= 0.3 is 0 Å². The number of hydrogen-bond donors (Lipinski definition) is 0. The minimum Gasteiger partial charge on any atom is -0.294 e. The first-order valence-corrected chi connectivity index (χ1v) is 4.35. The maximum Gasteiger partial charge on any atom is 0.161 e. The molecule has 0 heterocycles.